The first-order valence-corrected chi connectivity index (χ1v) is 13.5. The van der Waals surface area contributed by atoms with E-state index in [0.717, 1.165) is 61.8 Å². The summed E-state index contributed by atoms with van der Waals surface area (Å²) >= 11 is 0. The molecule has 190 valence electrons. The normalized spacial score (nSPS) is 14.2. The van der Waals surface area contributed by atoms with Gasteiger partial charge in [-0.25, -0.2) is 4.98 Å². The van der Waals surface area contributed by atoms with Crippen LogP contribution in [0, 0.1) is 0 Å². The third kappa shape index (κ3) is 5.38. The van der Waals surface area contributed by atoms with Crippen LogP contribution in [0.25, 0.3) is 10.9 Å². The maximum absolute atomic E-state index is 5.03. The van der Waals surface area contributed by atoms with Crippen molar-refractivity contribution in [2.45, 2.75) is 12.5 Å². The quantitative estimate of drug-likeness (QED) is 0.276. The van der Waals surface area contributed by atoms with E-state index >= 15 is 0 Å². The lowest BCUT2D eigenvalue weighted by molar-refractivity contribution is 0.211. The number of hydrogen-bond acceptors (Lipinski definition) is 5. The summed E-state index contributed by atoms with van der Waals surface area (Å²) in [6, 6.07) is 40.8. The van der Waals surface area contributed by atoms with E-state index in [1.807, 2.05) is 0 Å². The van der Waals surface area contributed by atoms with E-state index in [4.69, 9.17) is 9.97 Å². The molecule has 0 radical (unpaired) electrons. The minimum absolute atomic E-state index is 0.243. The van der Waals surface area contributed by atoms with Crippen molar-refractivity contribution >= 4 is 22.7 Å². The summed E-state index contributed by atoms with van der Waals surface area (Å²) in [6.45, 7) is 4.49. The van der Waals surface area contributed by atoms with Gasteiger partial charge in [0, 0.05) is 38.1 Å². The van der Waals surface area contributed by atoms with E-state index in [2.05, 4.69) is 130 Å². The molecule has 5 aromatic rings. The summed E-state index contributed by atoms with van der Waals surface area (Å²) in [5.74, 6) is 1.72. The first-order valence-electron chi connectivity index (χ1n) is 13.5. The van der Waals surface area contributed by atoms with Crippen LogP contribution in [0.1, 0.15) is 22.7 Å². The molecule has 0 bridgehead atoms. The van der Waals surface area contributed by atoms with Crippen molar-refractivity contribution in [1.29, 1.82) is 0 Å². The van der Waals surface area contributed by atoms with Crippen molar-refractivity contribution in [2.24, 2.45) is 0 Å². The Bertz CT molecular complexity index is 1410. The first-order chi connectivity index (χ1) is 18.8. The molecule has 0 saturated carbocycles. The predicted molar refractivity (Wildman–Crippen MR) is 157 cm³/mol. The molecule has 1 aromatic heterocycles. The van der Waals surface area contributed by atoms with E-state index in [1.165, 1.54) is 16.7 Å². The molecule has 1 N–H and O–H groups in total. The van der Waals surface area contributed by atoms with Crippen LogP contribution in [-0.2, 0) is 6.42 Å². The molecular formula is C33H33N5. The number of hydrogen-bond donors (Lipinski definition) is 1. The second-order valence-corrected chi connectivity index (χ2v) is 9.80. The number of piperazine rings is 1. The highest BCUT2D eigenvalue weighted by Gasteiger charge is 2.27. The van der Waals surface area contributed by atoms with Crippen molar-refractivity contribution in [3.63, 3.8) is 0 Å². The number of nitrogens with one attached hydrogen (secondary N) is 1. The highest BCUT2D eigenvalue weighted by Crippen LogP contribution is 2.31. The van der Waals surface area contributed by atoms with Gasteiger partial charge < -0.3 is 10.2 Å². The lowest BCUT2D eigenvalue weighted by Crippen LogP contribution is -2.48. The van der Waals surface area contributed by atoms with Gasteiger partial charge in [-0.05, 0) is 35.2 Å². The zero-order valence-corrected chi connectivity index (χ0v) is 21.6. The molecule has 1 aliphatic heterocycles. The van der Waals surface area contributed by atoms with Gasteiger partial charge in [-0.1, -0.05) is 103 Å². The molecule has 1 saturated heterocycles. The number of aromatic nitrogens is 2. The molecule has 5 heteroatoms. The Balaban J connectivity index is 1.20. The summed E-state index contributed by atoms with van der Waals surface area (Å²) in [7, 11) is 0. The summed E-state index contributed by atoms with van der Waals surface area (Å²) in [6.07, 6.45) is 0.952. The van der Waals surface area contributed by atoms with Crippen LogP contribution >= 0.6 is 0 Å². The molecule has 0 unspecified atom stereocenters. The average molecular weight is 500 g/mol. The SMILES string of the molecule is c1ccc(CCNc2nc(N3CCN(C(c4ccccc4)c4ccccc4)CC3)nc3ccccc23)cc1. The van der Waals surface area contributed by atoms with Gasteiger partial charge in [-0.2, -0.15) is 4.98 Å². The highest BCUT2D eigenvalue weighted by molar-refractivity contribution is 5.90. The van der Waals surface area contributed by atoms with Gasteiger partial charge in [-0.3, -0.25) is 4.90 Å². The highest BCUT2D eigenvalue weighted by atomic mass is 15.3. The maximum atomic E-state index is 5.03. The summed E-state index contributed by atoms with van der Waals surface area (Å²) in [4.78, 5) is 14.9. The summed E-state index contributed by atoms with van der Waals surface area (Å²) < 4.78 is 0. The van der Waals surface area contributed by atoms with Gasteiger partial charge in [0.05, 0.1) is 11.6 Å². The molecule has 0 spiro atoms. The van der Waals surface area contributed by atoms with Crippen LogP contribution in [0.2, 0.25) is 0 Å². The predicted octanol–water partition coefficient (Wildman–Crippen LogP) is 6.20. The van der Waals surface area contributed by atoms with E-state index in [9.17, 15) is 0 Å². The fourth-order valence-electron chi connectivity index (χ4n) is 5.38. The second-order valence-electron chi connectivity index (χ2n) is 9.80. The van der Waals surface area contributed by atoms with Gasteiger partial charge in [0.2, 0.25) is 5.95 Å². The monoisotopic (exact) mass is 499 g/mol. The molecule has 5 nitrogen and oxygen atoms in total. The zero-order valence-electron chi connectivity index (χ0n) is 21.6. The Kier molecular flexibility index (Phi) is 7.27. The van der Waals surface area contributed by atoms with Crippen LogP contribution in [0.15, 0.2) is 115 Å². The number of benzene rings is 4. The third-order valence-corrected chi connectivity index (χ3v) is 7.33. The van der Waals surface area contributed by atoms with E-state index in [1.54, 1.807) is 0 Å². The Hall–Kier alpha value is -4.22. The molecular weight excluding hydrogens is 466 g/mol. The topological polar surface area (TPSA) is 44.3 Å². The molecule has 6 rings (SSSR count). The second kappa shape index (κ2) is 11.4. The Morgan fingerprint density at radius 1 is 0.632 bits per heavy atom. The number of para-hydroxylation sites is 1. The van der Waals surface area contributed by atoms with E-state index in [-0.39, 0.29) is 6.04 Å². The molecule has 2 heterocycles. The van der Waals surface area contributed by atoms with Crippen LogP contribution in [-0.4, -0.2) is 47.6 Å². The molecule has 0 aliphatic carbocycles. The van der Waals surface area contributed by atoms with Gasteiger partial charge in [0.1, 0.15) is 5.82 Å². The smallest absolute Gasteiger partial charge is 0.227 e. The third-order valence-electron chi connectivity index (χ3n) is 7.33. The lowest BCUT2D eigenvalue weighted by Gasteiger charge is -2.40. The summed E-state index contributed by atoms with van der Waals surface area (Å²) in [5, 5.41) is 4.66. The van der Waals surface area contributed by atoms with Crippen molar-refractivity contribution in [3.05, 3.63) is 132 Å². The zero-order chi connectivity index (χ0) is 25.6. The fraction of sp³-hybridized carbons (Fsp3) is 0.212. The van der Waals surface area contributed by atoms with Crippen LogP contribution < -0.4 is 10.2 Å². The lowest BCUT2D eigenvalue weighted by atomic mass is 9.96. The van der Waals surface area contributed by atoms with Gasteiger partial charge in [-0.15, -0.1) is 0 Å². The van der Waals surface area contributed by atoms with Crippen molar-refractivity contribution in [3.8, 4) is 0 Å². The molecule has 0 amide bonds. The van der Waals surface area contributed by atoms with Crippen LogP contribution in [0.3, 0.4) is 0 Å². The van der Waals surface area contributed by atoms with Crippen LogP contribution in [0.4, 0.5) is 11.8 Å². The Morgan fingerprint density at radius 2 is 1.21 bits per heavy atom. The minimum atomic E-state index is 0.243. The minimum Gasteiger partial charge on any atom is -0.369 e. The number of anilines is 2. The van der Waals surface area contributed by atoms with E-state index in [0.29, 0.717) is 0 Å². The molecule has 4 aromatic carbocycles. The van der Waals surface area contributed by atoms with Gasteiger partial charge in [0.15, 0.2) is 0 Å². The van der Waals surface area contributed by atoms with E-state index < -0.39 is 0 Å². The number of rotatable bonds is 8. The summed E-state index contributed by atoms with van der Waals surface area (Å²) in [5.41, 5.74) is 4.97. The van der Waals surface area contributed by atoms with Crippen molar-refractivity contribution < 1.29 is 0 Å². The molecule has 38 heavy (non-hydrogen) atoms. The average Bonchev–Trinajstić information content (AvgIpc) is 2.99. The maximum Gasteiger partial charge on any atom is 0.227 e. The largest absolute Gasteiger partial charge is 0.369 e. The first kappa shape index (κ1) is 24.1. The number of fused-ring (bicyclic) bond motifs is 1. The van der Waals surface area contributed by atoms with Crippen molar-refractivity contribution in [2.75, 3.05) is 42.9 Å². The standard InChI is InChI=1S/C33H33N5/c1-4-12-26(13-5-1)20-21-34-32-29-18-10-11-19-30(29)35-33(36-32)38-24-22-37(23-25-38)31(27-14-6-2-7-15-27)28-16-8-3-9-17-28/h1-19,31H,20-25H2,(H,34,35,36). The molecule has 1 fully saturated rings. The fourth-order valence-corrected chi connectivity index (χ4v) is 5.38. The van der Waals surface area contributed by atoms with Crippen LogP contribution in [0.5, 0.6) is 0 Å². The number of nitrogens with zero attached hydrogens (tertiary/aromatic N) is 4. The molecule has 0 atom stereocenters. The molecule has 1 aliphatic rings. The Morgan fingerprint density at radius 3 is 1.87 bits per heavy atom. The van der Waals surface area contributed by atoms with Gasteiger partial charge >= 0.3 is 0 Å². The Labute approximate surface area is 224 Å². The van der Waals surface area contributed by atoms with Crippen molar-refractivity contribution in [1.82, 2.24) is 14.9 Å². The van der Waals surface area contributed by atoms with Gasteiger partial charge in [0.25, 0.3) is 0 Å².